The molecule has 0 bridgehead atoms. The number of thioether (sulfide) groups is 2. The Labute approximate surface area is 191 Å². The van der Waals surface area contributed by atoms with Crippen LogP contribution in [0.2, 0.25) is 0 Å². The van der Waals surface area contributed by atoms with Crippen LogP contribution in [0.25, 0.3) is 0 Å². The van der Waals surface area contributed by atoms with Gasteiger partial charge in [-0.2, -0.15) is 0 Å². The summed E-state index contributed by atoms with van der Waals surface area (Å²) in [6.45, 7) is 3.98. The minimum absolute atomic E-state index is 0.101. The number of aliphatic hydroxyl groups excluding tert-OH is 1. The van der Waals surface area contributed by atoms with Gasteiger partial charge in [0.25, 0.3) is 0 Å². The molecule has 0 saturated heterocycles. The fraction of sp³-hybridized carbons (Fsp3) is 0.458. The molecule has 0 radical (unpaired) electrons. The molecule has 0 fully saturated rings. The van der Waals surface area contributed by atoms with E-state index in [-0.39, 0.29) is 16.7 Å². The maximum absolute atomic E-state index is 13.5. The molecule has 3 rings (SSSR count). The highest BCUT2D eigenvalue weighted by molar-refractivity contribution is 8.17. The second-order valence-corrected chi connectivity index (χ2v) is 10.1. The number of ketones is 1. The van der Waals surface area contributed by atoms with Gasteiger partial charge in [0, 0.05) is 16.4 Å². The SMILES string of the molecule is CCCCC1(CC)C(=O)SC2=C(C(=O)C(SCC(=O)O)C=C2)C(c2ccccc2)C1O. The Kier molecular flexibility index (Phi) is 7.83. The highest BCUT2D eigenvalue weighted by Crippen LogP contribution is 2.52. The maximum atomic E-state index is 13.5. The number of benzene rings is 1. The molecule has 4 unspecified atom stereocenters. The lowest BCUT2D eigenvalue weighted by Crippen LogP contribution is -2.44. The van der Waals surface area contributed by atoms with Gasteiger partial charge in [-0.3, -0.25) is 14.4 Å². The fourth-order valence-electron chi connectivity index (χ4n) is 4.40. The monoisotopic (exact) mass is 460 g/mol. The van der Waals surface area contributed by atoms with Gasteiger partial charge >= 0.3 is 5.97 Å². The van der Waals surface area contributed by atoms with Gasteiger partial charge in [0.1, 0.15) is 0 Å². The summed E-state index contributed by atoms with van der Waals surface area (Å²) in [7, 11) is 0. The molecular weight excluding hydrogens is 432 g/mol. The number of rotatable bonds is 8. The van der Waals surface area contributed by atoms with Gasteiger partial charge in [0.05, 0.1) is 22.5 Å². The largest absolute Gasteiger partial charge is 0.481 e. The van der Waals surface area contributed by atoms with E-state index >= 15 is 0 Å². The number of allylic oxidation sites excluding steroid dienone is 1. The van der Waals surface area contributed by atoms with Gasteiger partial charge in [-0.05, 0) is 18.4 Å². The molecule has 7 heteroatoms. The number of unbranched alkanes of at least 4 members (excludes halogenated alkanes) is 1. The van der Waals surface area contributed by atoms with Crippen LogP contribution in [0.4, 0.5) is 0 Å². The van der Waals surface area contributed by atoms with E-state index < -0.39 is 28.7 Å². The van der Waals surface area contributed by atoms with E-state index in [1.54, 1.807) is 12.2 Å². The number of hydrogen-bond acceptors (Lipinski definition) is 6. The van der Waals surface area contributed by atoms with Crippen LogP contribution in [-0.2, 0) is 14.4 Å². The average Bonchev–Trinajstić information content (AvgIpc) is 2.85. The third-order valence-electron chi connectivity index (χ3n) is 6.17. The third kappa shape index (κ3) is 4.69. The highest BCUT2D eigenvalue weighted by Gasteiger charge is 2.52. The first kappa shape index (κ1) is 23.8. The molecule has 0 saturated carbocycles. The molecule has 2 N–H and O–H groups in total. The van der Waals surface area contributed by atoms with Crippen LogP contribution in [0.15, 0.2) is 53.0 Å². The van der Waals surface area contributed by atoms with E-state index in [0.29, 0.717) is 23.3 Å². The highest BCUT2D eigenvalue weighted by atomic mass is 32.2. The van der Waals surface area contributed by atoms with Crippen molar-refractivity contribution in [2.75, 3.05) is 5.75 Å². The fourth-order valence-corrected chi connectivity index (χ4v) is 6.44. The van der Waals surface area contributed by atoms with Gasteiger partial charge in [-0.1, -0.05) is 80.9 Å². The third-order valence-corrected chi connectivity index (χ3v) is 8.48. The Morgan fingerprint density at radius 3 is 2.52 bits per heavy atom. The molecule has 166 valence electrons. The Morgan fingerprint density at radius 1 is 1.19 bits per heavy atom. The van der Waals surface area contributed by atoms with Crippen LogP contribution in [0, 0.1) is 5.41 Å². The van der Waals surface area contributed by atoms with Crippen LogP contribution in [0.1, 0.15) is 51.0 Å². The van der Waals surface area contributed by atoms with Crippen LogP contribution < -0.4 is 0 Å². The molecule has 0 aromatic heterocycles. The van der Waals surface area contributed by atoms with Crippen LogP contribution in [0.3, 0.4) is 0 Å². The van der Waals surface area contributed by atoms with Crippen molar-refractivity contribution in [3.63, 3.8) is 0 Å². The zero-order valence-electron chi connectivity index (χ0n) is 17.7. The van der Waals surface area contributed by atoms with Gasteiger partial charge in [0.2, 0.25) is 5.12 Å². The van der Waals surface area contributed by atoms with Crippen LogP contribution in [-0.4, -0.2) is 44.2 Å². The lowest BCUT2D eigenvalue weighted by Gasteiger charge is -2.39. The minimum Gasteiger partial charge on any atom is -0.481 e. The zero-order chi connectivity index (χ0) is 22.6. The predicted molar refractivity (Wildman–Crippen MR) is 125 cm³/mol. The van der Waals surface area contributed by atoms with Crippen molar-refractivity contribution in [1.82, 2.24) is 0 Å². The summed E-state index contributed by atoms with van der Waals surface area (Å²) in [6, 6.07) is 9.36. The summed E-state index contributed by atoms with van der Waals surface area (Å²) in [6.07, 6.45) is 5.15. The summed E-state index contributed by atoms with van der Waals surface area (Å²) < 4.78 is 0. The van der Waals surface area contributed by atoms with Crippen molar-refractivity contribution >= 4 is 40.4 Å². The number of carbonyl (C=O) groups is 3. The van der Waals surface area contributed by atoms with E-state index in [1.165, 1.54) is 0 Å². The van der Waals surface area contributed by atoms with Crippen molar-refractivity contribution in [1.29, 1.82) is 0 Å². The van der Waals surface area contributed by atoms with E-state index in [1.807, 2.05) is 37.3 Å². The van der Waals surface area contributed by atoms with Gasteiger partial charge in [0.15, 0.2) is 5.78 Å². The molecule has 2 aliphatic rings. The molecule has 4 atom stereocenters. The molecule has 1 aromatic rings. The van der Waals surface area contributed by atoms with Crippen molar-refractivity contribution in [3.8, 4) is 0 Å². The van der Waals surface area contributed by atoms with E-state index in [9.17, 15) is 19.5 Å². The standard InChI is InChI=1S/C24H28O5S2/c1-3-5-13-24(4-2)22(28)19(15-9-7-6-8-10-15)20-16(31-23(24)29)11-12-17(21(20)27)30-14-18(25)26/h6-12,17,19,22,28H,3-5,13-14H2,1-2H3,(H,25,26). The second-order valence-electron chi connectivity index (χ2n) is 7.96. The van der Waals surface area contributed by atoms with Crippen molar-refractivity contribution in [2.45, 2.75) is 56.8 Å². The van der Waals surface area contributed by atoms with Crippen molar-refractivity contribution in [2.24, 2.45) is 5.41 Å². The van der Waals surface area contributed by atoms with E-state index in [0.717, 1.165) is 41.9 Å². The topological polar surface area (TPSA) is 91.7 Å². The number of carboxylic acid groups (broad SMARTS) is 1. The lowest BCUT2D eigenvalue weighted by molar-refractivity contribution is -0.134. The van der Waals surface area contributed by atoms with Crippen molar-refractivity contribution < 1.29 is 24.6 Å². The lowest BCUT2D eigenvalue weighted by atomic mass is 9.67. The summed E-state index contributed by atoms with van der Waals surface area (Å²) in [5, 5.41) is 20.0. The summed E-state index contributed by atoms with van der Waals surface area (Å²) in [5.41, 5.74) is 0.267. The first-order valence-corrected chi connectivity index (χ1v) is 12.5. The molecule has 0 amide bonds. The normalized spacial score (nSPS) is 28.4. The molecule has 1 heterocycles. The van der Waals surface area contributed by atoms with Gasteiger partial charge < -0.3 is 10.2 Å². The molecular formula is C24H28O5S2. The Bertz CT molecular complexity index is 908. The molecule has 0 spiro atoms. The number of aliphatic carboxylic acids is 1. The molecule has 1 aromatic carbocycles. The van der Waals surface area contributed by atoms with E-state index in [2.05, 4.69) is 6.92 Å². The predicted octanol–water partition coefficient (Wildman–Crippen LogP) is 4.57. The molecule has 31 heavy (non-hydrogen) atoms. The maximum Gasteiger partial charge on any atom is 0.313 e. The Morgan fingerprint density at radius 2 is 1.90 bits per heavy atom. The quantitative estimate of drug-likeness (QED) is 0.587. The molecule has 1 aliphatic heterocycles. The summed E-state index contributed by atoms with van der Waals surface area (Å²) in [5.74, 6) is -2.04. The number of Topliss-reactive ketones (excluding diaryl/α,β-unsaturated/α-hetero) is 1. The number of carbonyl (C=O) groups excluding carboxylic acids is 2. The number of hydrogen-bond donors (Lipinski definition) is 2. The Balaban J connectivity index is 2.12. The smallest absolute Gasteiger partial charge is 0.313 e. The first-order valence-electron chi connectivity index (χ1n) is 10.6. The Hall–Kier alpha value is -1.83. The number of carboxylic acids is 1. The molecule has 1 aliphatic carbocycles. The molecule has 5 nitrogen and oxygen atoms in total. The zero-order valence-corrected chi connectivity index (χ0v) is 19.4. The van der Waals surface area contributed by atoms with Gasteiger partial charge in [-0.25, -0.2) is 0 Å². The second kappa shape index (κ2) is 10.2. The minimum atomic E-state index is -1.04. The van der Waals surface area contributed by atoms with Crippen molar-refractivity contribution in [3.05, 3.63) is 58.5 Å². The summed E-state index contributed by atoms with van der Waals surface area (Å²) >= 11 is 2.10. The first-order chi connectivity index (χ1) is 14.9. The number of aliphatic hydroxyl groups is 1. The average molecular weight is 461 g/mol. The van der Waals surface area contributed by atoms with Crippen LogP contribution in [0.5, 0.6) is 0 Å². The van der Waals surface area contributed by atoms with E-state index in [4.69, 9.17) is 5.11 Å². The summed E-state index contributed by atoms with van der Waals surface area (Å²) in [4.78, 5) is 38.6. The van der Waals surface area contributed by atoms with Gasteiger partial charge in [-0.15, -0.1) is 11.8 Å². The van der Waals surface area contributed by atoms with Crippen LogP contribution >= 0.6 is 23.5 Å².